The summed E-state index contributed by atoms with van der Waals surface area (Å²) >= 11 is 0. The molecule has 3 N–H and O–H groups in total. The fourth-order valence-corrected chi connectivity index (χ4v) is 2.85. The molecule has 1 fully saturated rings. The molecule has 0 unspecified atom stereocenters. The summed E-state index contributed by atoms with van der Waals surface area (Å²) in [5, 5.41) is 9.18. The van der Waals surface area contributed by atoms with E-state index in [1.165, 1.54) is 0 Å². The number of hydrogen-bond donors (Lipinski definition) is 3. The number of alkyl carbamates (subject to hydrolysis) is 1. The molecule has 0 aliphatic carbocycles. The van der Waals surface area contributed by atoms with Crippen molar-refractivity contribution in [2.75, 3.05) is 58.3 Å². The topological polar surface area (TPSA) is 94.1 Å². The zero-order valence-electron chi connectivity index (χ0n) is 18.3. The first-order valence-electron chi connectivity index (χ1n) is 10.1. The highest BCUT2D eigenvalue weighted by Crippen LogP contribution is 2.14. The first-order valence-corrected chi connectivity index (χ1v) is 10.1. The predicted molar refractivity (Wildman–Crippen MR) is 116 cm³/mol. The Bertz CT molecular complexity index is 680. The van der Waals surface area contributed by atoms with Gasteiger partial charge >= 0.3 is 6.09 Å². The van der Waals surface area contributed by atoms with Crippen molar-refractivity contribution in [3.8, 4) is 0 Å². The number of hydrogen-bond acceptors (Lipinski definition) is 6. The quantitative estimate of drug-likeness (QED) is 0.370. The summed E-state index contributed by atoms with van der Waals surface area (Å²) in [4.78, 5) is 25.0. The van der Waals surface area contributed by atoms with Crippen molar-refractivity contribution < 1.29 is 9.53 Å². The number of nitrogens with one attached hydrogen (secondary N) is 3. The van der Waals surface area contributed by atoms with E-state index in [-0.39, 0.29) is 0 Å². The van der Waals surface area contributed by atoms with Crippen LogP contribution in [0, 0.1) is 0 Å². The van der Waals surface area contributed by atoms with Crippen molar-refractivity contribution >= 4 is 17.9 Å². The average Bonchev–Trinajstić information content (AvgIpc) is 2.67. The molecule has 0 aromatic carbocycles. The van der Waals surface area contributed by atoms with Gasteiger partial charge in [-0.1, -0.05) is 0 Å². The number of guanidine groups is 1. The molecule has 0 saturated carbocycles. The lowest BCUT2D eigenvalue weighted by Gasteiger charge is -2.33. The standard InChI is InChI=1S/C20H35N7O2/c1-20(2,3)29-19(28)24-9-8-23-18(21-4)25-15-16-6-7-22-17(14-16)27-12-10-26(5)11-13-27/h6-7,14H,8-13,15H2,1-5H3,(H,24,28)(H2,21,23,25). The maximum Gasteiger partial charge on any atom is 0.407 e. The average molecular weight is 406 g/mol. The molecule has 9 nitrogen and oxygen atoms in total. The van der Waals surface area contributed by atoms with Crippen LogP contribution in [0.15, 0.2) is 23.3 Å². The minimum Gasteiger partial charge on any atom is -0.444 e. The Morgan fingerprint density at radius 1 is 1.17 bits per heavy atom. The number of carbonyl (C=O) groups excluding carboxylic acids is 1. The van der Waals surface area contributed by atoms with Crippen LogP contribution in [0.2, 0.25) is 0 Å². The van der Waals surface area contributed by atoms with E-state index in [9.17, 15) is 4.79 Å². The van der Waals surface area contributed by atoms with Crippen LogP contribution >= 0.6 is 0 Å². The summed E-state index contributed by atoms with van der Waals surface area (Å²) in [7, 11) is 3.87. The second kappa shape index (κ2) is 10.8. The Hall–Kier alpha value is -2.55. The van der Waals surface area contributed by atoms with E-state index in [0.29, 0.717) is 25.6 Å². The van der Waals surface area contributed by atoms with Crippen molar-refractivity contribution in [3.63, 3.8) is 0 Å². The van der Waals surface area contributed by atoms with Crippen LogP contribution in [0.4, 0.5) is 10.6 Å². The third-order valence-electron chi connectivity index (χ3n) is 4.41. The number of piperazine rings is 1. The van der Waals surface area contributed by atoms with Gasteiger partial charge in [-0.25, -0.2) is 9.78 Å². The predicted octanol–water partition coefficient (Wildman–Crippen LogP) is 1.02. The number of amides is 1. The lowest BCUT2D eigenvalue weighted by molar-refractivity contribution is 0.0529. The Labute approximate surface area is 173 Å². The highest BCUT2D eigenvalue weighted by molar-refractivity contribution is 5.79. The summed E-state index contributed by atoms with van der Waals surface area (Å²) in [5.41, 5.74) is 0.645. The van der Waals surface area contributed by atoms with Gasteiger partial charge in [0.1, 0.15) is 11.4 Å². The minimum absolute atomic E-state index is 0.421. The number of ether oxygens (including phenoxy) is 1. The lowest BCUT2D eigenvalue weighted by Crippen LogP contribution is -2.44. The molecule has 1 aromatic rings. The zero-order chi connectivity index (χ0) is 21.3. The Morgan fingerprint density at radius 3 is 2.52 bits per heavy atom. The molecule has 2 heterocycles. The van der Waals surface area contributed by atoms with Gasteiger partial charge in [-0.3, -0.25) is 4.99 Å². The normalized spacial score (nSPS) is 15.8. The van der Waals surface area contributed by atoms with Crippen molar-refractivity contribution in [3.05, 3.63) is 23.9 Å². The van der Waals surface area contributed by atoms with Crippen LogP contribution in [0.5, 0.6) is 0 Å². The van der Waals surface area contributed by atoms with Gasteiger partial charge in [-0.15, -0.1) is 0 Å². The van der Waals surface area contributed by atoms with Crippen LogP contribution in [0.3, 0.4) is 0 Å². The van der Waals surface area contributed by atoms with E-state index < -0.39 is 11.7 Å². The molecular formula is C20H35N7O2. The molecule has 0 bridgehead atoms. The Balaban J connectivity index is 1.73. The van der Waals surface area contributed by atoms with Gasteiger partial charge in [0.2, 0.25) is 0 Å². The van der Waals surface area contributed by atoms with Crippen LogP contribution < -0.4 is 20.9 Å². The van der Waals surface area contributed by atoms with Crippen LogP contribution in [-0.4, -0.2) is 80.9 Å². The maximum absolute atomic E-state index is 11.6. The summed E-state index contributed by atoms with van der Waals surface area (Å²) < 4.78 is 5.21. The Morgan fingerprint density at radius 2 is 1.86 bits per heavy atom. The fraction of sp³-hybridized carbons (Fsp3) is 0.650. The van der Waals surface area contributed by atoms with E-state index in [1.807, 2.05) is 33.0 Å². The number of aromatic nitrogens is 1. The van der Waals surface area contributed by atoms with Gasteiger partial charge < -0.3 is 30.5 Å². The van der Waals surface area contributed by atoms with E-state index in [2.05, 4.69) is 48.8 Å². The molecule has 9 heteroatoms. The van der Waals surface area contributed by atoms with Gasteiger partial charge in [-0.05, 0) is 45.5 Å². The van der Waals surface area contributed by atoms with Gasteiger partial charge in [0, 0.05) is 59.1 Å². The fourth-order valence-electron chi connectivity index (χ4n) is 2.85. The van der Waals surface area contributed by atoms with Crippen molar-refractivity contribution in [1.29, 1.82) is 0 Å². The molecule has 1 amide bonds. The number of nitrogens with zero attached hydrogens (tertiary/aromatic N) is 4. The monoisotopic (exact) mass is 405 g/mol. The van der Waals surface area contributed by atoms with Crippen molar-refractivity contribution in [1.82, 2.24) is 25.8 Å². The summed E-state index contributed by atoms with van der Waals surface area (Å²) in [6.45, 7) is 11.2. The van der Waals surface area contributed by atoms with Crippen LogP contribution in [0.1, 0.15) is 26.3 Å². The highest BCUT2D eigenvalue weighted by atomic mass is 16.6. The van der Waals surface area contributed by atoms with Crippen LogP contribution in [0.25, 0.3) is 0 Å². The highest BCUT2D eigenvalue weighted by Gasteiger charge is 2.16. The van der Waals surface area contributed by atoms with Crippen molar-refractivity contribution in [2.24, 2.45) is 4.99 Å². The third kappa shape index (κ3) is 8.55. The summed E-state index contributed by atoms with van der Waals surface area (Å²) in [6.07, 6.45) is 1.43. The first-order chi connectivity index (χ1) is 13.8. The largest absolute Gasteiger partial charge is 0.444 e. The minimum atomic E-state index is -0.497. The van der Waals surface area contributed by atoms with Crippen LogP contribution in [-0.2, 0) is 11.3 Å². The lowest BCUT2D eigenvalue weighted by atomic mass is 10.2. The summed E-state index contributed by atoms with van der Waals surface area (Å²) in [6, 6.07) is 4.12. The maximum atomic E-state index is 11.6. The van der Waals surface area contributed by atoms with Gasteiger partial charge in [-0.2, -0.15) is 0 Å². The molecule has 1 saturated heterocycles. The molecule has 0 spiro atoms. The molecular weight excluding hydrogens is 370 g/mol. The zero-order valence-corrected chi connectivity index (χ0v) is 18.3. The molecule has 0 radical (unpaired) electrons. The number of pyridine rings is 1. The number of carbonyl (C=O) groups is 1. The second-order valence-electron chi connectivity index (χ2n) is 8.09. The molecule has 2 rings (SSSR count). The molecule has 1 aromatic heterocycles. The Kier molecular flexibility index (Phi) is 8.50. The smallest absolute Gasteiger partial charge is 0.407 e. The van der Waals surface area contributed by atoms with E-state index in [4.69, 9.17) is 4.74 Å². The van der Waals surface area contributed by atoms with E-state index >= 15 is 0 Å². The summed E-state index contributed by atoms with van der Waals surface area (Å²) in [5.74, 6) is 1.69. The third-order valence-corrected chi connectivity index (χ3v) is 4.41. The molecule has 1 aliphatic rings. The van der Waals surface area contributed by atoms with E-state index in [0.717, 1.165) is 37.6 Å². The molecule has 29 heavy (non-hydrogen) atoms. The molecule has 0 atom stereocenters. The van der Waals surface area contributed by atoms with Gasteiger partial charge in [0.05, 0.1) is 0 Å². The molecule has 162 valence electrons. The molecule has 1 aliphatic heterocycles. The number of rotatable bonds is 6. The SMILES string of the molecule is CN=C(NCCNC(=O)OC(C)(C)C)NCc1ccnc(N2CCN(C)CC2)c1. The second-order valence-corrected chi connectivity index (χ2v) is 8.09. The van der Waals surface area contributed by atoms with Gasteiger partial charge in [0.25, 0.3) is 0 Å². The van der Waals surface area contributed by atoms with Crippen molar-refractivity contribution in [2.45, 2.75) is 32.9 Å². The van der Waals surface area contributed by atoms with Gasteiger partial charge in [0.15, 0.2) is 5.96 Å². The number of anilines is 1. The number of likely N-dealkylation sites (N-methyl/N-ethyl adjacent to an activating group) is 1. The van der Waals surface area contributed by atoms with E-state index in [1.54, 1.807) is 7.05 Å². The first kappa shape index (κ1) is 22.7. The number of aliphatic imine (C=N–C) groups is 1.